The van der Waals surface area contributed by atoms with E-state index in [1.165, 1.54) is 0 Å². The Labute approximate surface area is 80.9 Å². The molecule has 0 radical (unpaired) electrons. The van der Waals surface area contributed by atoms with E-state index in [2.05, 4.69) is 18.4 Å². The van der Waals surface area contributed by atoms with E-state index in [-0.39, 0.29) is 0 Å². The summed E-state index contributed by atoms with van der Waals surface area (Å²) >= 11 is 0. The molecule has 0 saturated carbocycles. The van der Waals surface area contributed by atoms with E-state index in [0.29, 0.717) is 0 Å². The molecular formula is CH8B4O9. The number of hydrogen-bond acceptors (Lipinski definition) is 9. The Hall–Kier alpha value is -0.100. The van der Waals surface area contributed by atoms with E-state index in [0.717, 1.165) is 7.11 Å². The molecule has 0 saturated heterocycles. The molecule has 0 atom stereocenters. The SMILES string of the molecule is COB(O)OB(O)OB(O)OB(O)O. The second-order valence-corrected chi connectivity index (χ2v) is 1.89. The van der Waals surface area contributed by atoms with Crippen molar-refractivity contribution in [2.45, 2.75) is 0 Å². The predicted octanol–water partition coefficient (Wildman–Crippen LogP) is -4.42. The minimum atomic E-state index is -2.27. The molecule has 0 heterocycles. The van der Waals surface area contributed by atoms with Gasteiger partial charge in [0.25, 0.3) is 0 Å². The Bertz CT molecular complexity index is 143. The van der Waals surface area contributed by atoms with Crippen molar-refractivity contribution in [3.05, 3.63) is 0 Å². The normalized spacial score (nSPS) is 9.86. The van der Waals surface area contributed by atoms with Gasteiger partial charge >= 0.3 is 29.3 Å². The summed E-state index contributed by atoms with van der Waals surface area (Å²) < 4.78 is 16.1. The Morgan fingerprint density at radius 2 is 1.14 bits per heavy atom. The van der Waals surface area contributed by atoms with Crippen molar-refractivity contribution < 1.29 is 43.5 Å². The smallest absolute Gasteiger partial charge is 0.403 e. The summed E-state index contributed by atoms with van der Waals surface area (Å²) in [6.45, 7) is 0. The Morgan fingerprint density at radius 1 is 0.714 bits per heavy atom. The van der Waals surface area contributed by atoms with Crippen molar-refractivity contribution in [3.63, 3.8) is 0 Å². The maximum absolute atomic E-state index is 8.75. The maximum atomic E-state index is 8.75. The molecule has 0 rings (SSSR count). The summed E-state index contributed by atoms with van der Waals surface area (Å²) in [5, 5.41) is 42.3. The van der Waals surface area contributed by atoms with Crippen LogP contribution in [0.3, 0.4) is 0 Å². The molecule has 5 N–H and O–H groups in total. The van der Waals surface area contributed by atoms with Crippen LogP contribution in [0.25, 0.3) is 0 Å². The van der Waals surface area contributed by atoms with Gasteiger partial charge in [0.1, 0.15) is 0 Å². The highest BCUT2D eigenvalue weighted by Crippen LogP contribution is 1.92. The molecule has 0 amide bonds. The van der Waals surface area contributed by atoms with Gasteiger partial charge in [0.2, 0.25) is 0 Å². The second kappa shape index (κ2) is 7.23. The topological polar surface area (TPSA) is 138 Å². The van der Waals surface area contributed by atoms with Gasteiger partial charge in [-0.2, -0.15) is 0 Å². The monoisotopic (exact) mass is 208 g/mol. The van der Waals surface area contributed by atoms with Crippen molar-refractivity contribution in [2.75, 3.05) is 7.11 Å². The predicted molar refractivity (Wildman–Crippen MR) is 44.4 cm³/mol. The van der Waals surface area contributed by atoms with Crippen LogP contribution in [0.4, 0.5) is 0 Å². The van der Waals surface area contributed by atoms with Crippen molar-refractivity contribution in [2.24, 2.45) is 0 Å². The van der Waals surface area contributed by atoms with Gasteiger partial charge in [-0.05, 0) is 0 Å². The molecule has 13 heteroatoms. The van der Waals surface area contributed by atoms with Crippen LogP contribution in [0, 0.1) is 0 Å². The molecule has 0 aliphatic rings. The fourth-order valence-corrected chi connectivity index (χ4v) is 0.423. The Balaban J connectivity index is 3.65. The van der Waals surface area contributed by atoms with Crippen LogP contribution in [-0.4, -0.2) is 61.5 Å². The standard InChI is InChI=1S/CH8B4O9/c1-11-3(8)13-5(10)14-4(9)12-2(6)7/h6-10H,1H3. The lowest BCUT2D eigenvalue weighted by Gasteiger charge is -2.11. The first-order valence-electron chi connectivity index (χ1n) is 3.35. The maximum Gasteiger partial charge on any atom is 0.624 e. The Kier molecular flexibility index (Phi) is 7.17. The summed E-state index contributed by atoms with van der Waals surface area (Å²) in [5.74, 6) is 0. The lowest BCUT2D eigenvalue weighted by molar-refractivity contribution is 0.160. The first-order chi connectivity index (χ1) is 6.45. The third kappa shape index (κ3) is 7.32. The largest absolute Gasteiger partial charge is 0.624 e. The Morgan fingerprint density at radius 3 is 1.57 bits per heavy atom. The van der Waals surface area contributed by atoms with E-state index >= 15 is 0 Å². The molecule has 0 aliphatic carbocycles. The zero-order valence-electron chi connectivity index (χ0n) is 7.18. The van der Waals surface area contributed by atoms with Gasteiger partial charge in [-0.15, -0.1) is 0 Å². The minimum Gasteiger partial charge on any atom is -0.403 e. The summed E-state index contributed by atoms with van der Waals surface area (Å²) in [5.41, 5.74) is 0. The quantitative estimate of drug-likeness (QED) is 0.262. The van der Waals surface area contributed by atoms with Gasteiger partial charge in [-0.3, -0.25) is 0 Å². The van der Waals surface area contributed by atoms with E-state index in [4.69, 9.17) is 25.1 Å². The fourth-order valence-electron chi connectivity index (χ4n) is 0.423. The number of rotatable bonds is 7. The van der Waals surface area contributed by atoms with Crippen LogP contribution >= 0.6 is 0 Å². The minimum absolute atomic E-state index is 1.09. The van der Waals surface area contributed by atoms with E-state index < -0.39 is 29.3 Å². The molecule has 0 fully saturated rings. The van der Waals surface area contributed by atoms with Crippen molar-refractivity contribution >= 4 is 29.3 Å². The van der Waals surface area contributed by atoms with Gasteiger partial charge in [-0.1, -0.05) is 0 Å². The van der Waals surface area contributed by atoms with Crippen LogP contribution in [0.1, 0.15) is 0 Å². The summed E-state index contributed by atoms with van der Waals surface area (Å²) in [6.07, 6.45) is 0. The molecule has 0 bridgehead atoms. The highest BCUT2D eigenvalue weighted by Gasteiger charge is 2.33. The summed E-state index contributed by atoms with van der Waals surface area (Å²) in [4.78, 5) is 0. The molecule has 0 aliphatic heterocycles. The molecule has 0 spiro atoms. The van der Waals surface area contributed by atoms with Crippen LogP contribution in [0.15, 0.2) is 0 Å². The van der Waals surface area contributed by atoms with Gasteiger partial charge in [0.15, 0.2) is 0 Å². The molecule has 0 unspecified atom stereocenters. The lowest BCUT2D eigenvalue weighted by atomic mass is 10.0. The van der Waals surface area contributed by atoms with Gasteiger partial charge < -0.3 is 43.5 Å². The number of hydrogen-bond donors (Lipinski definition) is 5. The molecular weight excluding hydrogens is 199 g/mol. The van der Waals surface area contributed by atoms with E-state index in [9.17, 15) is 0 Å². The third-order valence-electron chi connectivity index (χ3n) is 0.905. The second-order valence-electron chi connectivity index (χ2n) is 1.89. The van der Waals surface area contributed by atoms with E-state index in [1.54, 1.807) is 0 Å². The highest BCUT2D eigenvalue weighted by molar-refractivity contribution is 6.59. The lowest BCUT2D eigenvalue weighted by Crippen LogP contribution is -2.41. The van der Waals surface area contributed by atoms with Crippen LogP contribution in [-0.2, 0) is 18.4 Å². The van der Waals surface area contributed by atoms with Gasteiger partial charge in [0.05, 0.1) is 0 Å². The molecule has 0 aromatic rings. The van der Waals surface area contributed by atoms with Crippen molar-refractivity contribution in [1.29, 1.82) is 0 Å². The first-order valence-corrected chi connectivity index (χ1v) is 3.35. The molecule has 9 nitrogen and oxygen atoms in total. The zero-order valence-corrected chi connectivity index (χ0v) is 7.18. The van der Waals surface area contributed by atoms with Gasteiger partial charge in [-0.25, -0.2) is 0 Å². The first kappa shape index (κ1) is 13.9. The van der Waals surface area contributed by atoms with E-state index in [1.807, 2.05) is 0 Å². The van der Waals surface area contributed by atoms with Gasteiger partial charge in [0, 0.05) is 7.11 Å². The van der Waals surface area contributed by atoms with Crippen molar-refractivity contribution in [3.8, 4) is 0 Å². The molecule has 14 heavy (non-hydrogen) atoms. The summed E-state index contributed by atoms with van der Waals surface area (Å²) in [6, 6.07) is 0. The average molecular weight is 207 g/mol. The average Bonchev–Trinajstić information content (AvgIpc) is 2.01. The van der Waals surface area contributed by atoms with Crippen LogP contribution in [0.5, 0.6) is 0 Å². The molecule has 78 valence electrons. The van der Waals surface area contributed by atoms with Crippen molar-refractivity contribution in [1.82, 2.24) is 0 Å². The molecule has 0 aromatic carbocycles. The third-order valence-corrected chi connectivity index (χ3v) is 0.905. The summed E-state index contributed by atoms with van der Waals surface area (Å²) in [7, 11) is -7.13. The zero-order chi connectivity index (χ0) is 11.1. The molecule has 0 aromatic heterocycles. The highest BCUT2D eigenvalue weighted by atomic mass is 16.8. The van der Waals surface area contributed by atoms with Crippen LogP contribution in [0.2, 0.25) is 0 Å². The van der Waals surface area contributed by atoms with Crippen LogP contribution < -0.4 is 0 Å². The fraction of sp³-hybridized carbons (Fsp3) is 1.00.